The third-order valence-corrected chi connectivity index (χ3v) is 5.03. The molecule has 0 spiro atoms. The predicted octanol–water partition coefficient (Wildman–Crippen LogP) is 5.89. The Kier molecular flexibility index (Phi) is 7.99. The monoisotopic (exact) mass is 484 g/mol. The summed E-state index contributed by atoms with van der Waals surface area (Å²) in [5, 5.41) is 26.4. The molecule has 0 aliphatic carbocycles. The Bertz CT molecular complexity index is 1250. The van der Waals surface area contributed by atoms with Gasteiger partial charge in [0.05, 0.1) is 33.8 Å². The van der Waals surface area contributed by atoms with Crippen molar-refractivity contribution in [2.75, 3.05) is 12.0 Å². The van der Waals surface area contributed by atoms with Crippen LogP contribution in [0.25, 0.3) is 0 Å². The zero-order valence-electron chi connectivity index (χ0n) is 18.4. The number of hydrazone groups is 1. The minimum Gasteiger partial charge on any atom is -0.490 e. The van der Waals surface area contributed by atoms with E-state index in [9.17, 15) is 20.2 Å². The van der Waals surface area contributed by atoms with E-state index in [4.69, 9.17) is 21.1 Å². The van der Waals surface area contributed by atoms with E-state index in [0.29, 0.717) is 35.3 Å². The van der Waals surface area contributed by atoms with Crippen LogP contribution in [0.2, 0.25) is 5.02 Å². The van der Waals surface area contributed by atoms with Gasteiger partial charge < -0.3 is 9.47 Å². The maximum atomic E-state index is 11.3. The molecule has 0 radical (unpaired) electrons. The van der Waals surface area contributed by atoms with Gasteiger partial charge in [0.15, 0.2) is 11.5 Å². The lowest BCUT2D eigenvalue weighted by Gasteiger charge is -2.15. The second-order valence-electron chi connectivity index (χ2n) is 7.06. The molecule has 176 valence electrons. The molecule has 0 aliphatic rings. The number of benzene rings is 3. The number of nitro benzene ring substituents is 2. The number of nitrogens with zero attached hydrogens (tertiary/aromatic N) is 3. The summed E-state index contributed by atoms with van der Waals surface area (Å²) in [6.07, 6.45) is 1.39. The Balaban J connectivity index is 1.81. The first-order valence-corrected chi connectivity index (χ1v) is 10.5. The number of ether oxygens (including phenoxy) is 2. The number of hydrogen-bond acceptors (Lipinski definition) is 8. The van der Waals surface area contributed by atoms with E-state index in [1.807, 2.05) is 38.1 Å². The second-order valence-corrected chi connectivity index (χ2v) is 7.47. The van der Waals surface area contributed by atoms with Crippen molar-refractivity contribution in [1.29, 1.82) is 0 Å². The molecule has 0 aliphatic heterocycles. The van der Waals surface area contributed by atoms with Gasteiger partial charge in [-0.05, 0) is 48.7 Å². The Hall–Kier alpha value is -4.18. The largest absolute Gasteiger partial charge is 0.490 e. The first-order valence-electron chi connectivity index (χ1n) is 10.2. The Morgan fingerprint density at radius 1 is 1.06 bits per heavy atom. The lowest BCUT2D eigenvalue weighted by molar-refractivity contribution is -0.393. The maximum absolute atomic E-state index is 11.3. The fourth-order valence-electron chi connectivity index (χ4n) is 3.04. The van der Waals surface area contributed by atoms with Crippen molar-refractivity contribution in [2.45, 2.75) is 20.5 Å². The average molecular weight is 485 g/mol. The van der Waals surface area contributed by atoms with Crippen LogP contribution in [0.15, 0.2) is 59.7 Å². The van der Waals surface area contributed by atoms with Crippen LogP contribution in [0.1, 0.15) is 23.6 Å². The molecule has 3 aromatic carbocycles. The number of non-ortho nitro benzene ring substituents is 1. The average Bonchev–Trinajstić information content (AvgIpc) is 2.79. The second kappa shape index (κ2) is 11.1. The molecule has 0 heterocycles. The molecular weight excluding hydrogens is 464 g/mol. The highest BCUT2D eigenvalue weighted by Crippen LogP contribution is 2.37. The number of nitro groups is 2. The van der Waals surface area contributed by atoms with Gasteiger partial charge in [0.1, 0.15) is 12.3 Å². The van der Waals surface area contributed by atoms with Crippen molar-refractivity contribution >= 4 is 34.9 Å². The molecule has 1 N–H and O–H groups in total. The van der Waals surface area contributed by atoms with Gasteiger partial charge in [0.25, 0.3) is 5.69 Å². The highest BCUT2D eigenvalue weighted by Gasteiger charge is 2.19. The van der Waals surface area contributed by atoms with Crippen LogP contribution in [-0.4, -0.2) is 22.7 Å². The van der Waals surface area contributed by atoms with Crippen molar-refractivity contribution in [3.8, 4) is 11.5 Å². The summed E-state index contributed by atoms with van der Waals surface area (Å²) in [5.41, 5.74) is 4.33. The van der Waals surface area contributed by atoms with E-state index in [1.54, 1.807) is 12.1 Å². The van der Waals surface area contributed by atoms with Crippen LogP contribution < -0.4 is 14.9 Å². The highest BCUT2D eigenvalue weighted by molar-refractivity contribution is 6.32. The van der Waals surface area contributed by atoms with Gasteiger partial charge in [0, 0.05) is 6.07 Å². The SMILES string of the molecule is CCOc1cc(/C=N\Nc2ccc([N+](=O)[O-])cc2[N+](=O)[O-])cc(Cl)c1OCc1ccccc1C. The van der Waals surface area contributed by atoms with Crippen LogP contribution in [-0.2, 0) is 6.61 Å². The van der Waals surface area contributed by atoms with Crippen molar-refractivity contribution in [3.63, 3.8) is 0 Å². The molecule has 0 saturated heterocycles. The van der Waals surface area contributed by atoms with Gasteiger partial charge in [0.2, 0.25) is 0 Å². The summed E-state index contributed by atoms with van der Waals surface area (Å²) < 4.78 is 11.6. The van der Waals surface area contributed by atoms with Gasteiger partial charge >= 0.3 is 5.69 Å². The van der Waals surface area contributed by atoms with Crippen LogP contribution in [0.3, 0.4) is 0 Å². The van der Waals surface area contributed by atoms with Crippen molar-refractivity contribution in [2.24, 2.45) is 5.10 Å². The molecule has 34 heavy (non-hydrogen) atoms. The third kappa shape index (κ3) is 5.99. The zero-order chi connectivity index (χ0) is 24.7. The molecule has 0 amide bonds. The molecule has 10 nitrogen and oxygen atoms in total. The van der Waals surface area contributed by atoms with Crippen LogP contribution >= 0.6 is 11.6 Å². The number of nitrogens with one attached hydrogen (secondary N) is 1. The van der Waals surface area contributed by atoms with Crippen LogP contribution in [0.4, 0.5) is 17.1 Å². The quantitative estimate of drug-likeness (QED) is 0.216. The first-order chi connectivity index (χ1) is 16.3. The van der Waals surface area contributed by atoms with E-state index in [1.165, 1.54) is 12.3 Å². The van der Waals surface area contributed by atoms with Crippen molar-refractivity contribution in [1.82, 2.24) is 0 Å². The predicted molar refractivity (Wildman–Crippen MR) is 129 cm³/mol. The van der Waals surface area contributed by atoms with Crippen molar-refractivity contribution in [3.05, 3.63) is 96.5 Å². The molecule has 0 atom stereocenters. The number of rotatable bonds is 10. The highest BCUT2D eigenvalue weighted by atomic mass is 35.5. The van der Waals surface area contributed by atoms with Crippen LogP contribution in [0, 0.1) is 27.2 Å². The van der Waals surface area contributed by atoms with E-state index in [0.717, 1.165) is 23.3 Å². The third-order valence-electron chi connectivity index (χ3n) is 4.75. The van der Waals surface area contributed by atoms with E-state index < -0.39 is 21.2 Å². The normalized spacial score (nSPS) is 10.8. The molecule has 3 rings (SSSR count). The maximum Gasteiger partial charge on any atom is 0.301 e. The molecule has 0 unspecified atom stereocenters. The molecule has 0 fully saturated rings. The molecule has 3 aromatic rings. The fourth-order valence-corrected chi connectivity index (χ4v) is 3.32. The summed E-state index contributed by atoms with van der Waals surface area (Å²) in [5.74, 6) is 0.814. The topological polar surface area (TPSA) is 129 Å². The molecule has 0 aromatic heterocycles. The molecule has 11 heteroatoms. The van der Waals surface area contributed by atoms with Gasteiger partial charge in [-0.15, -0.1) is 0 Å². The van der Waals surface area contributed by atoms with Gasteiger partial charge in [-0.2, -0.15) is 5.10 Å². The van der Waals surface area contributed by atoms with Gasteiger partial charge in [-0.3, -0.25) is 25.7 Å². The van der Waals surface area contributed by atoms with Gasteiger partial charge in [-0.25, -0.2) is 0 Å². The lowest BCUT2D eigenvalue weighted by atomic mass is 10.1. The Morgan fingerprint density at radius 3 is 2.50 bits per heavy atom. The Labute approximate surface area is 200 Å². The molecule has 0 saturated carbocycles. The fraction of sp³-hybridized carbons (Fsp3) is 0.174. The number of hydrogen-bond donors (Lipinski definition) is 1. The minimum atomic E-state index is -0.727. The summed E-state index contributed by atoms with van der Waals surface area (Å²) in [6, 6.07) is 14.4. The van der Waals surface area contributed by atoms with Crippen molar-refractivity contribution < 1.29 is 19.3 Å². The summed E-state index contributed by atoms with van der Waals surface area (Å²) in [6.45, 7) is 4.51. The van der Waals surface area contributed by atoms with Gasteiger partial charge in [-0.1, -0.05) is 35.9 Å². The first kappa shape index (κ1) is 24.5. The summed E-state index contributed by atoms with van der Waals surface area (Å²) in [7, 11) is 0. The number of halogens is 1. The smallest absolute Gasteiger partial charge is 0.301 e. The number of aryl methyl sites for hydroxylation is 1. The van der Waals surface area contributed by atoms with Crippen LogP contribution in [0.5, 0.6) is 11.5 Å². The Morgan fingerprint density at radius 2 is 1.82 bits per heavy atom. The van der Waals surface area contributed by atoms with E-state index in [2.05, 4.69) is 10.5 Å². The minimum absolute atomic E-state index is 0.00108. The summed E-state index contributed by atoms with van der Waals surface area (Å²) >= 11 is 6.45. The molecule has 0 bridgehead atoms. The molecular formula is C23H21ClN4O6. The lowest BCUT2D eigenvalue weighted by Crippen LogP contribution is -2.03. The standard InChI is InChI=1S/C23H21ClN4O6/c1-3-33-22-11-16(10-19(24)23(22)34-14-17-7-5-4-6-15(17)2)13-25-26-20-9-8-18(27(29)30)12-21(20)28(31)32/h4-13,26H,3,14H2,1-2H3/b25-13-. The summed E-state index contributed by atoms with van der Waals surface area (Å²) in [4.78, 5) is 20.7. The zero-order valence-corrected chi connectivity index (χ0v) is 19.1. The number of anilines is 1. The van der Waals surface area contributed by atoms with E-state index in [-0.39, 0.29) is 5.69 Å². The van der Waals surface area contributed by atoms with E-state index >= 15 is 0 Å².